The van der Waals surface area contributed by atoms with E-state index < -0.39 is 0 Å². The summed E-state index contributed by atoms with van der Waals surface area (Å²) in [5, 5.41) is 13.5. The molecule has 1 atom stereocenters. The number of carbonyl (C=O) groups is 1. The van der Waals surface area contributed by atoms with Crippen molar-refractivity contribution >= 4 is 16.9 Å². The van der Waals surface area contributed by atoms with Gasteiger partial charge in [0.05, 0.1) is 24.5 Å². The number of imidazole rings is 1. The Kier molecular flexibility index (Phi) is 4.96. The Labute approximate surface area is 176 Å². The van der Waals surface area contributed by atoms with E-state index in [-0.39, 0.29) is 22.5 Å². The molecular formula is C24H29N3O3. The number of rotatable bonds is 5. The molecule has 1 aliphatic carbocycles. The fourth-order valence-electron chi connectivity index (χ4n) is 4.66. The van der Waals surface area contributed by atoms with Crippen molar-refractivity contribution in [2.75, 3.05) is 13.7 Å². The minimum atomic E-state index is -0.190. The van der Waals surface area contributed by atoms with E-state index in [0.29, 0.717) is 17.9 Å². The van der Waals surface area contributed by atoms with Crippen molar-refractivity contribution in [1.29, 1.82) is 0 Å². The van der Waals surface area contributed by atoms with Gasteiger partial charge in [-0.2, -0.15) is 0 Å². The average Bonchev–Trinajstić information content (AvgIpc) is 3.19. The zero-order valence-corrected chi connectivity index (χ0v) is 18.0. The SMILES string of the molecule is COc1cc2c(cc1O)C(C)(CCNC(=O)c1ccc3nc[nH]c3c1)C(C)(C)CC2. The minimum Gasteiger partial charge on any atom is -0.504 e. The molecule has 4 rings (SSSR count). The number of hydrogen-bond donors (Lipinski definition) is 3. The van der Waals surface area contributed by atoms with E-state index in [2.05, 4.69) is 36.1 Å². The smallest absolute Gasteiger partial charge is 0.251 e. The first-order valence-corrected chi connectivity index (χ1v) is 10.4. The fourth-order valence-corrected chi connectivity index (χ4v) is 4.66. The van der Waals surface area contributed by atoms with Gasteiger partial charge in [-0.05, 0) is 71.6 Å². The number of aromatic amines is 1. The molecule has 0 saturated carbocycles. The molecule has 0 radical (unpaired) electrons. The number of aromatic hydroxyl groups is 1. The van der Waals surface area contributed by atoms with Gasteiger partial charge in [0, 0.05) is 12.1 Å². The lowest BCUT2D eigenvalue weighted by Gasteiger charge is -2.49. The minimum absolute atomic E-state index is 0.0284. The van der Waals surface area contributed by atoms with Crippen LogP contribution in [0.2, 0.25) is 0 Å². The van der Waals surface area contributed by atoms with Gasteiger partial charge in [0.25, 0.3) is 5.91 Å². The summed E-state index contributed by atoms with van der Waals surface area (Å²) in [5.74, 6) is 0.580. The number of nitrogens with one attached hydrogen (secondary N) is 2. The van der Waals surface area contributed by atoms with E-state index >= 15 is 0 Å². The van der Waals surface area contributed by atoms with Crippen LogP contribution < -0.4 is 10.1 Å². The Bertz CT molecular complexity index is 1100. The van der Waals surface area contributed by atoms with Crippen LogP contribution in [0.1, 0.15) is 55.1 Å². The van der Waals surface area contributed by atoms with Crippen molar-refractivity contribution in [3.63, 3.8) is 0 Å². The lowest BCUT2D eigenvalue weighted by molar-refractivity contribution is 0.0932. The molecule has 0 aliphatic heterocycles. The van der Waals surface area contributed by atoms with Gasteiger partial charge in [-0.3, -0.25) is 4.79 Å². The number of carbonyl (C=O) groups excluding carboxylic acids is 1. The number of ether oxygens (including phenoxy) is 1. The van der Waals surface area contributed by atoms with Gasteiger partial charge in [0.15, 0.2) is 11.5 Å². The number of methoxy groups -OCH3 is 1. The summed E-state index contributed by atoms with van der Waals surface area (Å²) in [6.07, 6.45) is 4.39. The maximum Gasteiger partial charge on any atom is 0.251 e. The molecule has 3 N–H and O–H groups in total. The zero-order valence-electron chi connectivity index (χ0n) is 18.0. The maximum atomic E-state index is 12.7. The number of H-pyrrole nitrogens is 1. The van der Waals surface area contributed by atoms with Gasteiger partial charge >= 0.3 is 0 Å². The molecule has 0 bridgehead atoms. The van der Waals surface area contributed by atoms with Crippen LogP contribution in [0.25, 0.3) is 11.0 Å². The Morgan fingerprint density at radius 3 is 2.83 bits per heavy atom. The summed E-state index contributed by atoms with van der Waals surface area (Å²) in [7, 11) is 1.57. The predicted octanol–water partition coefficient (Wildman–Crippen LogP) is 4.33. The number of benzene rings is 2. The molecule has 1 aliphatic rings. The molecule has 1 aromatic heterocycles. The molecule has 1 heterocycles. The third-order valence-corrected chi connectivity index (χ3v) is 7.11. The van der Waals surface area contributed by atoms with Crippen molar-refractivity contribution in [2.45, 2.75) is 45.4 Å². The van der Waals surface area contributed by atoms with Gasteiger partial charge in [-0.25, -0.2) is 4.98 Å². The van der Waals surface area contributed by atoms with Crippen molar-refractivity contribution < 1.29 is 14.6 Å². The van der Waals surface area contributed by atoms with E-state index in [9.17, 15) is 9.90 Å². The molecule has 6 heteroatoms. The van der Waals surface area contributed by atoms with Crippen LogP contribution in [0.3, 0.4) is 0 Å². The Balaban J connectivity index is 1.54. The number of phenolic OH excluding ortho intramolecular Hbond substituents is 1. The van der Waals surface area contributed by atoms with Crippen LogP contribution in [-0.4, -0.2) is 34.6 Å². The van der Waals surface area contributed by atoms with Crippen LogP contribution in [0.5, 0.6) is 11.5 Å². The second-order valence-electron chi connectivity index (χ2n) is 9.04. The summed E-state index contributed by atoms with van der Waals surface area (Å²) in [6.45, 7) is 7.32. The largest absolute Gasteiger partial charge is 0.504 e. The summed E-state index contributed by atoms with van der Waals surface area (Å²) in [4.78, 5) is 19.9. The Hall–Kier alpha value is -3.02. The highest BCUT2D eigenvalue weighted by Gasteiger charge is 2.46. The van der Waals surface area contributed by atoms with Crippen LogP contribution in [0.4, 0.5) is 0 Å². The standard InChI is InChI=1S/C24H29N3O3/c1-23(2)8-7-15-12-21(30-4)20(28)13-17(15)24(23,3)9-10-25-22(29)16-5-6-18-19(11-16)27-14-26-18/h5-6,11-14,28H,7-10H2,1-4H3,(H,25,29)(H,26,27). The number of aryl methyl sites for hydroxylation is 1. The third kappa shape index (κ3) is 3.30. The van der Waals surface area contributed by atoms with E-state index in [0.717, 1.165) is 35.9 Å². The van der Waals surface area contributed by atoms with Gasteiger partial charge in [0.1, 0.15) is 0 Å². The lowest BCUT2D eigenvalue weighted by atomic mass is 9.55. The Morgan fingerprint density at radius 2 is 2.07 bits per heavy atom. The van der Waals surface area contributed by atoms with Crippen LogP contribution in [-0.2, 0) is 11.8 Å². The maximum absolute atomic E-state index is 12.7. The second-order valence-corrected chi connectivity index (χ2v) is 9.04. The highest BCUT2D eigenvalue weighted by atomic mass is 16.5. The van der Waals surface area contributed by atoms with Crippen LogP contribution >= 0.6 is 0 Å². The third-order valence-electron chi connectivity index (χ3n) is 7.11. The molecular weight excluding hydrogens is 378 g/mol. The average molecular weight is 408 g/mol. The summed E-state index contributed by atoms with van der Waals surface area (Å²) in [6, 6.07) is 9.27. The van der Waals surface area contributed by atoms with Crippen molar-refractivity contribution in [3.8, 4) is 11.5 Å². The van der Waals surface area contributed by atoms with Crippen LogP contribution in [0, 0.1) is 5.41 Å². The first-order chi connectivity index (χ1) is 14.2. The molecule has 3 aromatic rings. The van der Waals surface area contributed by atoms with Gasteiger partial charge in [-0.1, -0.05) is 20.8 Å². The summed E-state index contributed by atoms with van der Waals surface area (Å²) in [5.41, 5.74) is 4.50. The molecule has 6 nitrogen and oxygen atoms in total. The number of hydrogen-bond acceptors (Lipinski definition) is 4. The van der Waals surface area contributed by atoms with Gasteiger partial charge < -0.3 is 20.1 Å². The molecule has 0 fully saturated rings. The van der Waals surface area contributed by atoms with Crippen LogP contribution in [0.15, 0.2) is 36.7 Å². The number of aromatic nitrogens is 2. The molecule has 1 unspecified atom stereocenters. The first kappa shape index (κ1) is 20.3. The number of phenols is 1. The molecule has 30 heavy (non-hydrogen) atoms. The van der Waals surface area contributed by atoms with E-state index in [4.69, 9.17) is 4.74 Å². The number of nitrogens with zero attached hydrogens (tertiary/aromatic N) is 1. The summed E-state index contributed by atoms with van der Waals surface area (Å²) < 4.78 is 5.30. The highest BCUT2D eigenvalue weighted by Crippen LogP contribution is 2.53. The van der Waals surface area contributed by atoms with E-state index in [1.165, 1.54) is 5.56 Å². The quantitative estimate of drug-likeness (QED) is 0.588. The highest BCUT2D eigenvalue weighted by molar-refractivity contribution is 5.97. The first-order valence-electron chi connectivity index (χ1n) is 10.4. The lowest BCUT2D eigenvalue weighted by Crippen LogP contribution is -2.45. The number of fused-ring (bicyclic) bond motifs is 2. The topological polar surface area (TPSA) is 87.2 Å². The van der Waals surface area contributed by atoms with Gasteiger partial charge in [0.2, 0.25) is 0 Å². The molecule has 1 amide bonds. The van der Waals surface area contributed by atoms with Gasteiger partial charge in [-0.15, -0.1) is 0 Å². The molecule has 0 spiro atoms. The van der Waals surface area contributed by atoms with E-state index in [1.54, 1.807) is 19.5 Å². The Morgan fingerprint density at radius 1 is 1.27 bits per heavy atom. The zero-order chi connectivity index (χ0) is 21.5. The molecule has 2 aromatic carbocycles. The predicted molar refractivity (Wildman–Crippen MR) is 117 cm³/mol. The monoisotopic (exact) mass is 407 g/mol. The van der Waals surface area contributed by atoms with Crippen molar-refractivity contribution in [1.82, 2.24) is 15.3 Å². The van der Waals surface area contributed by atoms with Crippen molar-refractivity contribution in [2.24, 2.45) is 5.41 Å². The number of amides is 1. The van der Waals surface area contributed by atoms with E-state index in [1.807, 2.05) is 24.3 Å². The normalized spacial score (nSPS) is 20.0. The molecule has 0 saturated heterocycles. The molecule has 158 valence electrons. The summed E-state index contributed by atoms with van der Waals surface area (Å²) >= 11 is 0. The van der Waals surface area contributed by atoms with Crippen molar-refractivity contribution in [3.05, 3.63) is 53.3 Å². The second kappa shape index (κ2) is 7.35. The fraction of sp³-hybridized carbons (Fsp3) is 0.417.